The molecule has 0 spiro atoms. The summed E-state index contributed by atoms with van der Waals surface area (Å²) in [5, 5.41) is 11.1. The van der Waals surface area contributed by atoms with Gasteiger partial charge in [-0.15, -0.1) is 0 Å². The molecule has 4 atom stereocenters. The van der Waals surface area contributed by atoms with Crippen LogP contribution in [0.4, 0.5) is 0 Å². The van der Waals surface area contributed by atoms with E-state index in [0.29, 0.717) is 5.56 Å². The largest absolute Gasteiger partial charge is 0.460 e. The minimum absolute atomic E-state index is 0.329. The molecule has 1 saturated carbocycles. The van der Waals surface area contributed by atoms with E-state index in [1.165, 1.54) is 6.92 Å². The first-order valence-electron chi connectivity index (χ1n) is 9.88. The predicted octanol–water partition coefficient (Wildman–Crippen LogP) is 3.41. The molecule has 0 amide bonds. The van der Waals surface area contributed by atoms with Crippen LogP contribution in [0, 0.1) is 11.8 Å². The summed E-state index contributed by atoms with van der Waals surface area (Å²) in [4.78, 5) is 39.1. The molecule has 29 heavy (non-hydrogen) atoms. The minimum Gasteiger partial charge on any atom is -0.460 e. The van der Waals surface area contributed by atoms with Gasteiger partial charge in [0, 0.05) is 12.3 Å². The minimum atomic E-state index is -1.65. The molecule has 1 fully saturated rings. The first-order valence-corrected chi connectivity index (χ1v) is 9.88. The average Bonchev–Trinajstić information content (AvgIpc) is 2.50. The Labute approximate surface area is 172 Å². The van der Waals surface area contributed by atoms with Crippen LogP contribution in [-0.4, -0.2) is 39.6 Å². The zero-order chi connectivity index (χ0) is 22.2. The lowest BCUT2D eigenvalue weighted by molar-refractivity contribution is -0.182. The van der Waals surface area contributed by atoms with Crippen molar-refractivity contribution in [2.45, 2.75) is 77.6 Å². The number of ketones is 1. The van der Waals surface area contributed by atoms with Crippen molar-refractivity contribution in [1.29, 1.82) is 0 Å². The molecule has 1 aliphatic carbocycles. The second-order valence-electron chi connectivity index (χ2n) is 9.96. The Morgan fingerprint density at radius 2 is 1.45 bits per heavy atom. The zero-order valence-electron chi connectivity index (χ0n) is 18.3. The number of benzene rings is 1. The zero-order valence-corrected chi connectivity index (χ0v) is 18.3. The van der Waals surface area contributed by atoms with Gasteiger partial charge < -0.3 is 14.6 Å². The third kappa shape index (κ3) is 5.66. The van der Waals surface area contributed by atoms with E-state index in [1.807, 2.05) is 0 Å². The van der Waals surface area contributed by atoms with Gasteiger partial charge in [0.05, 0.1) is 11.5 Å². The highest BCUT2D eigenvalue weighted by atomic mass is 16.6. The maximum Gasteiger partial charge on any atom is 0.317 e. The van der Waals surface area contributed by atoms with Crippen LogP contribution in [-0.2, 0) is 23.9 Å². The van der Waals surface area contributed by atoms with E-state index in [9.17, 15) is 19.5 Å². The molecule has 1 aromatic rings. The quantitative estimate of drug-likeness (QED) is 0.613. The van der Waals surface area contributed by atoms with Crippen molar-refractivity contribution in [3.05, 3.63) is 35.9 Å². The number of rotatable bonds is 3. The molecule has 6 nitrogen and oxygen atoms in total. The number of aliphatic hydroxyl groups is 1. The molecule has 0 heterocycles. The first-order chi connectivity index (χ1) is 13.1. The number of esters is 2. The predicted molar refractivity (Wildman–Crippen MR) is 108 cm³/mol. The summed E-state index contributed by atoms with van der Waals surface area (Å²) in [6, 6.07) is 8.82. The van der Waals surface area contributed by atoms with Gasteiger partial charge in [-0.1, -0.05) is 30.3 Å². The summed E-state index contributed by atoms with van der Waals surface area (Å²) in [5.41, 5.74) is -2.62. The monoisotopic (exact) mass is 404 g/mol. The van der Waals surface area contributed by atoms with E-state index < -0.39 is 52.3 Å². The van der Waals surface area contributed by atoms with Gasteiger partial charge in [-0.05, 0) is 54.0 Å². The van der Waals surface area contributed by atoms with E-state index >= 15 is 0 Å². The first kappa shape index (κ1) is 23.1. The summed E-state index contributed by atoms with van der Waals surface area (Å²) in [6.45, 7) is 11.8. The van der Waals surface area contributed by atoms with Crippen molar-refractivity contribution in [1.82, 2.24) is 0 Å². The summed E-state index contributed by atoms with van der Waals surface area (Å²) < 4.78 is 11.1. The number of hydrogen-bond donors (Lipinski definition) is 1. The normalized spacial score (nSPS) is 28.0. The van der Waals surface area contributed by atoms with Crippen LogP contribution >= 0.6 is 0 Å². The fraction of sp³-hybridized carbons (Fsp3) is 0.609. The van der Waals surface area contributed by atoms with Gasteiger partial charge in [0.1, 0.15) is 17.1 Å². The van der Waals surface area contributed by atoms with E-state index in [4.69, 9.17) is 9.47 Å². The lowest BCUT2D eigenvalue weighted by Gasteiger charge is -2.44. The van der Waals surface area contributed by atoms with Crippen LogP contribution in [0.5, 0.6) is 0 Å². The number of Topliss-reactive ketones (excluding diaryl/α,β-unsaturated/α-hetero) is 1. The van der Waals surface area contributed by atoms with Gasteiger partial charge in [0.2, 0.25) is 0 Å². The number of carbonyl (C=O) groups is 3. The molecule has 0 saturated heterocycles. The Hall–Kier alpha value is -2.21. The standard InChI is InChI=1S/C23H32O6/c1-21(2,3)28-19(25)17-15(24)13-23(7,27)18(20(26)29-22(4,5)6)16(17)14-11-9-8-10-12-14/h8-12,16-18,27H,13H2,1-7H3/t16-,17-,18+,23-/m0/s1. The van der Waals surface area contributed by atoms with Gasteiger partial charge in [-0.25, -0.2) is 0 Å². The van der Waals surface area contributed by atoms with Crippen LogP contribution < -0.4 is 0 Å². The van der Waals surface area contributed by atoms with Gasteiger partial charge in [-0.3, -0.25) is 14.4 Å². The third-order valence-corrected chi connectivity index (χ3v) is 4.77. The van der Waals surface area contributed by atoms with Crippen molar-refractivity contribution in [3.63, 3.8) is 0 Å². The van der Waals surface area contributed by atoms with Crippen molar-refractivity contribution >= 4 is 17.7 Å². The molecule has 0 unspecified atom stereocenters. The number of hydrogen-bond acceptors (Lipinski definition) is 6. The molecule has 1 N–H and O–H groups in total. The lowest BCUT2D eigenvalue weighted by atomic mass is 9.61. The lowest BCUT2D eigenvalue weighted by Crippen LogP contribution is -2.56. The second kappa shape index (κ2) is 7.90. The van der Waals surface area contributed by atoms with E-state index in [-0.39, 0.29) is 6.42 Å². The molecular weight excluding hydrogens is 372 g/mol. The number of ether oxygens (including phenoxy) is 2. The van der Waals surface area contributed by atoms with Crippen molar-refractivity contribution in [2.75, 3.05) is 0 Å². The van der Waals surface area contributed by atoms with Crippen LogP contribution in [0.25, 0.3) is 0 Å². The molecular formula is C23H32O6. The molecule has 1 aromatic carbocycles. The Kier molecular flexibility index (Phi) is 6.29. The Bertz CT molecular complexity index is 767. The van der Waals surface area contributed by atoms with Crippen LogP contribution in [0.3, 0.4) is 0 Å². The van der Waals surface area contributed by atoms with E-state index in [0.717, 1.165) is 0 Å². The van der Waals surface area contributed by atoms with Crippen molar-refractivity contribution in [3.8, 4) is 0 Å². The van der Waals surface area contributed by atoms with Crippen LogP contribution in [0.1, 0.15) is 66.4 Å². The molecule has 160 valence electrons. The molecule has 6 heteroatoms. The Morgan fingerprint density at radius 3 is 1.93 bits per heavy atom. The highest BCUT2D eigenvalue weighted by Gasteiger charge is 2.57. The Balaban J connectivity index is 2.59. The molecule has 0 radical (unpaired) electrons. The van der Waals surface area contributed by atoms with Crippen molar-refractivity contribution < 1.29 is 29.0 Å². The van der Waals surface area contributed by atoms with Gasteiger partial charge >= 0.3 is 11.9 Å². The maximum atomic E-state index is 13.1. The summed E-state index contributed by atoms with van der Waals surface area (Å²) in [7, 11) is 0. The topological polar surface area (TPSA) is 89.9 Å². The summed E-state index contributed by atoms with van der Waals surface area (Å²) >= 11 is 0. The average molecular weight is 405 g/mol. The molecule has 0 bridgehead atoms. The molecule has 1 aliphatic rings. The van der Waals surface area contributed by atoms with Gasteiger partial charge in [-0.2, -0.15) is 0 Å². The fourth-order valence-corrected chi connectivity index (χ4v) is 3.82. The van der Waals surface area contributed by atoms with Crippen LogP contribution in [0.15, 0.2) is 30.3 Å². The molecule has 0 aliphatic heterocycles. The van der Waals surface area contributed by atoms with E-state index in [1.54, 1.807) is 71.9 Å². The highest BCUT2D eigenvalue weighted by molar-refractivity contribution is 6.03. The van der Waals surface area contributed by atoms with Crippen LogP contribution in [0.2, 0.25) is 0 Å². The van der Waals surface area contributed by atoms with Gasteiger partial charge in [0.25, 0.3) is 0 Å². The summed E-state index contributed by atoms with van der Waals surface area (Å²) in [5.74, 6) is -4.97. The maximum absolute atomic E-state index is 13.1. The molecule has 2 rings (SSSR count). The molecule has 0 aromatic heterocycles. The smallest absolute Gasteiger partial charge is 0.317 e. The number of carbonyl (C=O) groups excluding carboxylic acids is 3. The second-order valence-corrected chi connectivity index (χ2v) is 9.96. The van der Waals surface area contributed by atoms with Crippen molar-refractivity contribution in [2.24, 2.45) is 11.8 Å². The summed E-state index contributed by atoms with van der Waals surface area (Å²) in [6.07, 6.45) is -0.329. The fourth-order valence-electron chi connectivity index (χ4n) is 3.82. The van der Waals surface area contributed by atoms with Gasteiger partial charge in [0.15, 0.2) is 5.78 Å². The third-order valence-electron chi connectivity index (χ3n) is 4.77. The Morgan fingerprint density at radius 1 is 0.966 bits per heavy atom. The SMILES string of the molecule is CC(C)(C)OC(=O)[C@H]1C(=O)C[C@](C)(O)[C@@H](C(=O)OC(C)(C)C)[C@H]1c1ccccc1. The highest BCUT2D eigenvalue weighted by Crippen LogP contribution is 2.47. The van der Waals surface area contributed by atoms with E-state index in [2.05, 4.69) is 0 Å².